The molecule has 34 heavy (non-hydrogen) atoms. The third kappa shape index (κ3) is 5.22. The van der Waals surface area contributed by atoms with Gasteiger partial charge in [0.2, 0.25) is 5.91 Å². The number of carbonyl (C=O) groups excluding carboxylic acids is 1. The summed E-state index contributed by atoms with van der Waals surface area (Å²) in [6, 6.07) is 15.1. The van der Waals surface area contributed by atoms with Crippen LogP contribution in [-0.4, -0.2) is 16.1 Å². The maximum Gasteiger partial charge on any atom is 0.416 e. The number of rotatable bonds is 4. The number of benzene rings is 2. The largest absolute Gasteiger partial charge is 0.416 e. The molecule has 1 fully saturated rings. The molecular weight excluding hydrogens is 448 g/mol. The van der Waals surface area contributed by atoms with Crippen LogP contribution in [0.4, 0.5) is 23.2 Å². The predicted octanol–water partition coefficient (Wildman–Crippen LogP) is 6.09. The lowest BCUT2D eigenvalue weighted by Crippen LogP contribution is -2.28. The van der Waals surface area contributed by atoms with Crippen molar-refractivity contribution in [3.63, 3.8) is 0 Å². The van der Waals surface area contributed by atoms with E-state index in [2.05, 4.69) is 15.5 Å². The summed E-state index contributed by atoms with van der Waals surface area (Å²) in [5, 5.41) is 19.2. The third-order valence-corrected chi connectivity index (χ3v) is 6.06. The number of nitriles is 1. The molecule has 0 aliphatic heterocycles. The summed E-state index contributed by atoms with van der Waals surface area (Å²) in [5.74, 6) is -1.75. The van der Waals surface area contributed by atoms with Gasteiger partial charge in [0, 0.05) is 11.5 Å². The van der Waals surface area contributed by atoms with Crippen LogP contribution in [0.3, 0.4) is 0 Å². The quantitative estimate of drug-likeness (QED) is 0.471. The van der Waals surface area contributed by atoms with Gasteiger partial charge in [0.15, 0.2) is 5.69 Å². The number of amides is 1. The molecular formula is C25H20F4N4O. The standard InChI is InChI=1S/C25H20F4N4O/c26-21-13-19(25(27,28)29)8-10-23(21)31-24(34)18-3-1-2-17(12-18)15-4-6-16(7-5-15)22-11-9-20(14-30)32-33-22/h4-11,13,17-18H,1-3,12H2,(H,31,34). The highest BCUT2D eigenvalue weighted by molar-refractivity contribution is 5.92. The van der Waals surface area contributed by atoms with E-state index in [4.69, 9.17) is 5.26 Å². The number of carbonyl (C=O) groups is 1. The van der Waals surface area contributed by atoms with Crippen LogP contribution in [0, 0.1) is 23.1 Å². The Morgan fingerprint density at radius 3 is 2.41 bits per heavy atom. The van der Waals surface area contributed by atoms with Crippen molar-refractivity contribution in [2.24, 2.45) is 5.92 Å². The smallest absolute Gasteiger partial charge is 0.323 e. The second kappa shape index (κ2) is 9.59. The maximum atomic E-state index is 14.1. The van der Waals surface area contributed by atoms with Crippen LogP contribution < -0.4 is 5.32 Å². The van der Waals surface area contributed by atoms with Crippen LogP contribution in [0.1, 0.15) is 48.4 Å². The molecule has 1 amide bonds. The van der Waals surface area contributed by atoms with Gasteiger partial charge >= 0.3 is 6.18 Å². The molecule has 0 spiro atoms. The molecule has 0 radical (unpaired) electrons. The SMILES string of the molecule is N#Cc1ccc(-c2ccc(C3CCCC(C(=O)Nc4ccc(C(F)(F)F)cc4F)C3)cc2)nn1. The van der Waals surface area contributed by atoms with E-state index in [9.17, 15) is 22.4 Å². The molecule has 9 heteroatoms. The Labute approximate surface area is 193 Å². The second-order valence-electron chi connectivity index (χ2n) is 8.28. The number of hydrogen-bond donors (Lipinski definition) is 1. The highest BCUT2D eigenvalue weighted by Gasteiger charge is 2.32. The summed E-state index contributed by atoms with van der Waals surface area (Å²) in [7, 11) is 0. The van der Waals surface area contributed by atoms with Gasteiger partial charge in [0.1, 0.15) is 11.9 Å². The van der Waals surface area contributed by atoms with E-state index in [0.717, 1.165) is 36.1 Å². The fraction of sp³-hybridized carbons (Fsp3) is 0.280. The highest BCUT2D eigenvalue weighted by Crippen LogP contribution is 2.38. The fourth-order valence-electron chi connectivity index (χ4n) is 4.23. The van der Waals surface area contributed by atoms with Crippen LogP contribution in [0.5, 0.6) is 0 Å². The van der Waals surface area contributed by atoms with E-state index in [0.29, 0.717) is 24.6 Å². The van der Waals surface area contributed by atoms with Gasteiger partial charge in [-0.05, 0) is 61.1 Å². The van der Waals surface area contributed by atoms with Crippen LogP contribution in [0.2, 0.25) is 0 Å². The van der Waals surface area contributed by atoms with Gasteiger partial charge in [-0.25, -0.2) is 4.39 Å². The molecule has 1 aliphatic carbocycles. The van der Waals surface area contributed by atoms with Gasteiger partial charge in [0.05, 0.1) is 16.9 Å². The Balaban J connectivity index is 1.42. The summed E-state index contributed by atoms with van der Waals surface area (Å²) in [4.78, 5) is 12.7. The number of aromatic nitrogens is 2. The number of alkyl halides is 3. The van der Waals surface area contributed by atoms with Crippen molar-refractivity contribution in [3.8, 4) is 17.3 Å². The van der Waals surface area contributed by atoms with E-state index in [1.807, 2.05) is 30.3 Å². The molecule has 0 bridgehead atoms. The van der Waals surface area contributed by atoms with Crippen molar-refractivity contribution in [3.05, 3.63) is 77.2 Å². The molecule has 3 aromatic rings. The Morgan fingerprint density at radius 1 is 1.03 bits per heavy atom. The lowest BCUT2D eigenvalue weighted by Gasteiger charge is -2.29. The minimum absolute atomic E-state index is 0.128. The minimum Gasteiger partial charge on any atom is -0.323 e. The van der Waals surface area contributed by atoms with Crippen LogP contribution >= 0.6 is 0 Å². The van der Waals surface area contributed by atoms with E-state index in [1.54, 1.807) is 12.1 Å². The first-order valence-electron chi connectivity index (χ1n) is 10.8. The van der Waals surface area contributed by atoms with Crippen molar-refractivity contribution in [1.29, 1.82) is 5.26 Å². The first-order valence-corrected chi connectivity index (χ1v) is 10.8. The van der Waals surface area contributed by atoms with E-state index in [-0.39, 0.29) is 23.2 Å². The van der Waals surface area contributed by atoms with Gasteiger partial charge < -0.3 is 5.32 Å². The molecule has 0 saturated heterocycles. The van der Waals surface area contributed by atoms with E-state index in [1.165, 1.54) is 0 Å². The molecule has 1 aromatic heterocycles. The molecule has 1 aliphatic rings. The summed E-state index contributed by atoms with van der Waals surface area (Å²) >= 11 is 0. The van der Waals surface area contributed by atoms with Crippen molar-refractivity contribution < 1.29 is 22.4 Å². The fourth-order valence-corrected chi connectivity index (χ4v) is 4.23. The summed E-state index contributed by atoms with van der Waals surface area (Å²) < 4.78 is 52.3. The molecule has 1 N–H and O–H groups in total. The third-order valence-electron chi connectivity index (χ3n) is 6.06. The number of halogens is 4. The highest BCUT2D eigenvalue weighted by atomic mass is 19.4. The van der Waals surface area contributed by atoms with Crippen molar-refractivity contribution in [1.82, 2.24) is 10.2 Å². The van der Waals surface area contributed by atoms with Crippen molar-refractivity contribution in [2.75, 3.05) is 5.32 Å². The van der Waals surface area contributed by atoms with Gasteiger partial charge in [-0.15, -0.1) is 10.2 Å². The summed E-state index contributed by atoms with van der Waals surface area (Å²) in [6.45, 7) is 0. The number of anilines is 1. The molecule has 1 saturated carbocycles. The second-order valence-corrected chi connectivity index (χ2v) is 8.28. The van der Waals surface area contributed by atoms with Gasteiger partial charge in [-0.2, -0.15) is 18.4 Å². The summed E-state index contributed by atoms with van der Waals surface area (Å²) in [5.41, 5.74) is 1.43. The Morgan fingerprint density at radius 2 is 1.79 bits per heavy atom. The van der Waals surface area contributed by atoms with Crippen LogP contribution in [0.15, 0.2) is 54.6 Å². The predicted molar refractivity (Wildman–Crippen MR) is 117 cm³/mol. The lowest BCUT2D eigenvalue weighted by molar-refractivity contribution is -0.137. The molecule has 5 nitrogen and oxygen atoms in total. The van der Waals surface area contributed by atoms with Gasteiger partial charge in [-0.3, -0.25) is 4.79 Å². The van der Waals surface area contributed by atoms with Crippen molar-refractivity contribution in [2.45, 2.75) is 37.8 Å². The normalized spacial score (nSPS) is 18.2. The molecule has 1 heterocycles. The zero-order valence-corrected chi connectivity index (χ0v) is 17.9. The number of nitrogens with one attached hydrogen (secondary N) is 1. The van der Waals surface area contributed by atoms with Crippen LogP contribution in [0.25, 0.3) is 11.3 Å². The molecule has 2 unspecified atom stereocenters. The lowest BCUT2D eigenvalue weighted by atomic mass is 9.77. The van der Waals surface area contributed by atoms with Gasteiger partial charge in [0.25, 0.3) is 0 Å². The minimum atomic E-state index is -4.65. The zero-order valence-electron chi connectivity index (χ0n) is 17.9. The summed E-state index contributed by atoms with van der Waals surface area (Å²) in [6.07, 6.45) is -1.76. The molecule has 4 rings (SSSR count). The maximum absolute atomic E-state index is 14.1. The van der Waals surface area contributed by atoms with E-state index < -0.39 is 23.5 Å². The Kier molecular flexibility index (Phi) is 6.59. The molecule has 2 atom stereocenters. The van der Waals surface area contributed by atoms with Gasteiger partial charge in [-0.1, -0.05) is 30.7 Å². The first-order chi connectivity index (χ1) is 16.2. The van der Waals surface area contributed by atoms with E-state index >= 15 is 0 Å². The first kappa shape index (κ1) is 23.4. The Hall–Kier alpha value is -3.80. The number of nitrogens with zero attached hydrogens (tertiary/aromatic N) is 3. The topological polar surface area (TPSA) is 78.7 Å². The Bertz CT molecular complexity index is 1220. The van der Waals surface area contributed by atoms with Crippen molar-refractivity contribution >= 4 is 11.6 Å². The number of hydrogen-bond acceptors (Lipinski definition) is 4. The monoisotopic (exact) mass is 468 g/mol. The zero-order chi connectivity index (χ0) is 24.3. The molecule has 174 valence electrons. The average molecular weight is 468 g/mol. The van der Waals surface area contributed by atoms with Crippen LogP contribution in [-0.2, 0) is 11.0 Å². The average Bonchev–Trinajstić information content (AvgIpc) is 2.85. The molecule has 2 aromatic carbocycles.